The average molecular weight is 574 g/mol. The minimum Gasteiger partial charge on any atom is -0.494 e. The largest absolute Gasteiger partial charge is 0.494 e. The number of carbonyl (C=O) groups is 2. The molecule has 0 radical (unpaired) electrons. The molecule has 0 spiro atoms. The first kappa shape index (κ1) is 27.6. The van der Waals surface area contributed by atoms with Gasteiger partial charge in [0.15, 0.2) is 0 Å². The Morgan fingerprint density at radius 2 is 2.00 bits per heavy atom. The van der Waals surface area contributed by atoms with E-state index < -0.39 is 28.6 Å². The molecule has 2 atom stereocenters. The molecule has 0 bridgehead atoms. The summed E-state index contributed by atoms with van der Waals surface area (Å²) in [6.07, 6.45) is 4.25. The van der Waals surface area contributed by atoms with E-state index >= 15 is 0 Å². The molecule has 42 heavy (non-hydrogen) atoms. The van der Waals surface area contributed by atoms with Gasteiger partial charge in [-0.25, -0.2) is 9.37 Å². The quantitative estimate of drug-likeness (QED) is 0.277. The lowest BCUT2D eigenvalue weighted by atomic mass is 9.81. The maximum atomic E-state index is 13.7. The number of nitrogens with two attached hydrogens (primary N) is 1. The molecule has 1 saturated carbocycles. The number of nitrogens with one attached hydrogen (secondary N) is 1. The van der Waals surface area contributed by atoms with E-state index in [9.17, 15) is 19.1 Å². The lowest BCUT2D eigenvalue weighted by Gasteiger charge is -2.29. The van der Waals surface area contributed by atoms with Crippen LogP contribution in [0.3, 0.4) is 0 Å². The van der Waals surface area contributed by atoms with Crippen molar-refractivity contribution in [3.05, 3.63) is 71.3 Å². The molecule has 10 nitrogen and oxygen atoms in total. The number of hydrogen-bond donors (Lipinski definition) is 3. The maximum Gasteiger partial charge on any atom is 0.251 e. The molecule has 3 heterocycles. The number of primary amides is 1. The third kappa shape index (κ3) is 4.63. The van der Waals surface area contributed by atoms with Crippen molar-refractivity contribution < 1.29 is 28.6 Å². The first-order chi connectivity index (χ1) is 20.1. The van der Waals surface area contributed by atoms with E-state index in [1.807, 2.05) is 10.9 Å². The molecule has 11 heteroatoms. The van der Waals surface area contributed by atoms with Crippen molar-refractivity contribution in [1.82, 2.24) is 20.1 Å². The summed E-state index contributed by atoms with van der Waals surface area (Å²) in [6, 6.07) is 11.0. The number of nitrogens with zero attached hydrogens (tertiary/aromatic N) is 3. The van der Waals surface area contributed by atoms with Crippen molar-refractivity contribution in [3.8, 4) is 22.8 Å². The smallest absolute Gasteiger partial charge is 0.251 e. The molecule has 2 aromatic carbocycles. The van der Waals surface area contributed by atoms with Gasteiger partial charge in [-0.1, -0.05) is 6.92 Å². The molecule has 2 aromatic heterocycles. The van der Waals surface area contributed by atoms with E-state index in [4.69, 9.17) is 20.2 Å². The molecule has 1 fully saturated rings. The standard InChI is InChI=1S/C31H32FN5O5/c1-4-31(40,15-34-28(38)18-11-19-14-37(21-9-10-21)36-25(19)23(12-18)41-3)24-13-22-27(42-16-30(22,2)29(33)39)26(35-24)17-5-7-20(32)8-6-17/h5-8,11-14,21,40H,4,9-10,15-16H2,1-3H3,(H2,33,39)(H,34,38)/t30-,31-/m0/s1. The van der Waals surface area contributed by atoms with Gasteiger partial charge in [0.2, 0.25) is 5.91 Å². The van der Waals surface area contributed by atoms with Gasteiger partial charge in [-0.3, -0.25) is 14.3 Å². The van der Waals surface area contributed by atoms with Gasteiger partial charge in [-0.05, 0) is 68.7 Å². The number of fused-ring (bicyclic) bond motifs is 2. The maximum absolute atomic E-state index is 13.7. The molecule has 4 N–H and O–H groups in total. The summed E-state index contributed by atoms with van der Waals surface area (Å²) in [7, 11) is 1.53. The Hall–Kier alpha value is -4.51. The number of aliphatic hydroxyl groups is 1. The second kappa shape index (κ2) is 10.1. The van der Waals surface area contributed by atoms with Gasteiger partial charge in [0, 0.05) is 28.3 Å². The number of methoxy groups -OCH3 is 1. The van der Waals surface area contributed by atoms with Crippen molar-refractivity contribution in [3.63, 3.8) is 0 Å². The molecule has 218 valence electrons. The molecule has 2 aliphatic rings. The van der Waals surface area contributed by atoms with Gasteiger partial charge in [-0.2, -0.15) is 5.10 Å². The Morgan fingerprint density at radius 3 is 2.64 bits per heavy atom. The fourth-order valence-electron chi connectivity index (χ4n) is 5.29. The van der Waals surface area contributed by atoms with Crippen molar-refractivity contribution >= 4 is 22.7 Å². The van der Waals surface area contributed by atoms with Crippen molar-refractivity contribution in [1.29, 1.82) is 0 Å². The summed E-state index contributed by atoms with van der Waals surface area (Å²) < 4.78 is 27.0. The van der Waals surface area contributed by atoms with E-state index in [0.29, 0.717) is 45.4 Å². The number of aromatic nitrogens is 3. The molecule has 2 amide bonds. The summed E-state index contributed by atoms with van der Waals surface area (Å²) >= 11 is 0. The van der Waals surface area contributed by atoms with Crippen LogP contribution >= 0.6 is 0 Å². The highest BCUT2D eigenvalue weighted by molar-refractivity contribution is 6.00. The zero-order chi connectivity index (χ0) is 29.8. The number of halogens is 1. The first-order valence-corrected chi connectivity index (χ1v) is 13.9. The Labute approximate surface area is 241 Å². The van der Waals surface area contributed by atoms with Crippen LogP contribution in [0.5, 0.6) is 11.5 Å². The summed E-state index contributed by atoms with van der Waals surface area (Å²) in [6.45, 7) is 3.26. The summed E-state index contributed by atoms with van der Waals surface area (Å²) in [5, 5.41) is 20.1. The Bertz CT molecular complexity index is 1720. The van der Waals surface area contributed by atoms with Crippen LogP contribution in [0.15, 0.2) is 48.7 Å². The number of rotatable bonds is 9. The van der Waals surface area contributed by atoms with E-state index in [-0.39, 0.29) is 25.3 Å². The van der Waals surface area contributed by atoms with Crippen LogP contribution in [0.1, 0.15) is 60.8 Å². The monoisotopic (exact) mass is 573 g/mol. The second-order valence-corrected chi connectivity index (χ2v) is 11.2. The van der Waals surface area contributed by atoms with Crippen LogP contribution in [0.2, 0.25) is 0 Å². The number of carbonyl (C=O) groups excluding carboxylic acids is 2. The van der Waals surface area contributed by atoms with Crippen LogP contribution < -0.4 is 20.5 Å². The van der Waals surface area contributed by atoms with E-state index in [1.165, 1.54) is 19.2 Å². The summed E-state index contributed by atoms with van der Waals surface area (Å²) in [5.74, 6) is -0.589. The van der Waals surface area contributed by atoms with E-state index in [0.717, 1.165) is 18.2 Å². The van der Waals surface area contributed by atoms with Crippen LogP contribution in [0.25, 0.3) is 22.2 Å². The van der Waals surface area contributed by atoms with Gasteiger partial charge in [0.25, 0.3) is 5.91 Å². The predicted molar refractivity (Wildman–Crippen MR) is 153 cm³/mol. The Kier molecular flexibility index (Phi) is 6.64. The third-order valence-electron chi connectivity index (χ3n) is 8.33. The SMILES string of the molecule is CC[C@](O)(CNC(=O)c1cc(OC)c2nn(C3CC3)cc2c1)c1cc2c(c(-c3ccc(F)cc3)n1)OC[C@]2(C)C(N)=O. The van der Waals surface area contributed by atoms with Crippen LogP contribution in [-0.4, -0.2) is 51.9 Å². The van der Waals surface area contributed by atoms with Gasteiger partial charge >= 0.3 is 0 Å². The van der Waals surface area contributed by atoms with Gasteiger partial charge in [0.05, 0.1) is 25.4 Å². The highest BCUT2D eigenvalue weighted by Gasteiger charge is 2.45. The average Bonchev–Trinajstić information content (AvgIpc) is 3.66. The van der Waals surface area contributed by atoms with Gasteiger partial charge < -0.3 is 25.6 Å². The van der Waals surface area contributed by atoms with E-state index in [1.54, 1.807) is 44.2 Å². The van der Waals surface area contributed by atoms with Crippen LogP contribution in [-0.2, 0) is 15.8 Å². The third-order valence-corrected chi connectivity index (χ3v) is 8.33. The number of amides is 2. The molecular formula is C31H32FN5O5. The topological polar surface area (TPSA) is 142 Å². The molecular weight excluding hydrogens is 541 g/mol. The fourth-order valence-corrected chi connectivity index (χ4v) is 5.29. The highest BCUT2D eigenvalue weighted by Crippen LogP contribution is 2.46. The lowest BCUT2D eigenvalue weighted by Crippen LogP contribution is -2.42. The minimum atomic E-state index is -1.62. The fraction of sp³-hybridized carbons (Fsp3) is 0.355. The number of ether oxygens (including phenoxy) is 2. The molecule has 1 aliphatic carbocycles. The molecule has 0 saturated heterocycles. The second-order valence-electron chi connectivity index (χ2n) is 11.2. The molecule has 1 aliphatic heterocycles. The molecule has 4 aromatic rings. The highest BCUT2D eigenvalue weighted by atomic mass is 19.1. The lowest BCUT2D eigenvalue weighted by molar-refractivity contribution is -0.123. The number of pyridine rings is 1. The Morgan fingerprint density at radius 1 is 1.26 bits per heavy atom. The van der Waals surface area contributed by atoms with Crippen molar-refractivity contribution in [2.75, 3.05) is 20.3 Å². The normalized spacial score (nSPS) is 19.2. The zero-order valence-corrected chi connectivity index (χ0v) is 23.6. The number of hydrogen-bond acceptors (Lipinski definition) is 7. The van der Waals surface area contributed by atoms with Crippen molar-refractivity contribution in [2.24, 2.45) is 5.73 Å². The predicted octanol–water partition coefficient (Wildman–Crippen LogP) is 3.74. The number of benzene rings is 2. The minimum absolute atomic E-state index is 0.0000749. The summed E-state index contributed by atoms with van der Waals surface area (Å²) in [5.41, 5.74) is 5.60. The van der Waals surface area contributed by atoms with Crippen molar-refractivity contribution in [2.45, 2.75) is 50.2 Å². The van der Waals surface area contributed by atoms with Gasteiger partial charge in [0.1, 0.15) is 46.1 Å². The molecule has 0 unspecified atom stereocenters. The first-order valence-electron chi connectivity index (χ1n) is 13.9. The molecule has 6 rings (SSSR count). The zero-order valence-electron chi connectivity index (χ0n) is 23.6. The Balaban J connectivity index is 1.34. The van der Waals surface area contributed by atoms with Crippen LogP contribution in [0.4, 0.5) is 4.39 Å². The van der Waals surface area contributed by atoms with Gasteiger partial charge in [-0.15, -0.1) is 0 Å². The van der Waals surface area contributed by atoms with Crippen LogP contribution in [0, 0.1) is 5.82 Å². The summed E-state index contributed by atoms with van der Waals surface area (Å²) in [4.78, 5) is 30.6. The van der Waals surface area contributed by atoms with E-state index in [2.05, 4.69) is 10.4 Å².